The number of halogens is 5. The minimum Gasteiger partial charge on any atom is -0.464 e. The Hall–Kier alpha value is -1.41. The summed E-state index contributed by atoms with van der Waals surface area (Å²) in [6.07, 6.45) is -4.51. The lowest BCUT2D eigenvalue weighted by atomic mass is 10.2. The third-order valence-corrected chi connectivity index (χ3v) is 3.15. The van der Waals surface area contributed by atoms with Gasteiger partial charge in [0.25, 0.3) is 0 Å². The van der Waals surface area contributed by atoms with Gasteiger partial charge in [0.2, 0.25) is 0 Å². The summed E-state index contributed by atoms with van der Waals surface area (Å²) < 4.78 is 67.5. The van der Waals surface area contributed by atoms with Gasteiger partial charge >= 0.3 is 24.0 Å². The summed E-state index contributed by atoms with van der Waals surface area (Å²) in [5, 5.41) is 0. The number of likely N-dealkylation sites (tertiary alicyclic amines) is 1. The molecule has 1 heterocycles. The molecular formula is C12H16F5NO3. The van der Waals surface area contributed by atoms with E-state index in [0.29, 0.717) is 6.42 Å². The molecule has 0 aliphatic carbocycles. The van der Waals surface area contributed by atoms with E-state index in [9.17, 15) is 31.5 Å². The molecule has 0 radical (unpaired) electrons. The lowest BCUT2D eigenvalue weighted by Gasteiger charge is -2.28. The summed E-state index contributed by atoms with van der Waals surface area (Å²) >= 11 is 0. The Kier molecular flexibility index (Phi) is 5.52. The molecular weight excluding hydrogens is 301 g/mol. The Morgan fingerprint density at radius 1 is 1.24 bits per heavy atom. The van der Waals surface area contributed by atoms with Crippen LogP contribution in [0.5, 0.6) is 0 Å². The van der Waals surface area contributed by atoms with Crippen LogP contribution in [0.25, 0.3) is 0 Å². The van der Waals surface area contributed by atoms with Crippen LogP contribution in [0.1, 0.15) is 32.6 Å². The topological polar surface area (TPSA) is 46.6 Å². The Morgan fingerprint density at radius 3 is 2.38 bits per heavy atom. The van der Waals surface area contributed by atoms with Gasteiger partial charge in [-0.15, -0.1) is 0 Å². The number of alkyl halides is 5. The standard InChI is InChI=1S/C12H16F5NO3/c1-2-3-7-21-9(19)8-5-4-6-18(8)10(20)11(13,14)12(15,16)17/h8H,2-7H2,1H3. The number of hydrogen-bond acceptors (Lipinski definition) is 3. The van der Waals surface area contributed by atoms with Gasteiger partial charge in [-0.25, -0.2) is 4.79 Å². The summed E-state index contributed by atoms with van der Waals surface area (Å²) in [5.41, 5.74) is 0. The number of ether oxygens (including phenoxy) is 1. The average molecular weight is 317 g/mol. The van der Waals surface area contributed by atoms with Crippen LogP contribution in [0.2, 0.25) is 0 Å². The molecule has 1 saturated heterocycles. The smallest absolute Gasteiger partial charge is 0.463 e. The van der Waals surface area contributed by atoms with Crippen LogP contribution < -0.4 is 0 Å². The second-order valence-corrected chi connectivity index (χ2v) is 4.75. The van der Waals surface area contributed by atoms with E-state index in [1.807, 2.05) is 6.92 Å². The second-order valence-electron chi connectivity index (χ2n) is 4.75. The van der Waals surface area contributed by atoms with Crippen LogP contribution in [0.4, 0.5) is 22.0 Å². The molecule has 0 aromatic rings. The zero-order valence-electron chi connectivity index (χ0n) is 11.4. The molecule has 1 fully saturated rings. The van der Waals surface area contributed by atoms with Crippen LogP contribution in [0.15, 0.2) is 0 Å². The van der Waals surface area contributed by atoms with Crippen molar-refractivity contribution in [2.45, 2.75) is 50.7 Å². The predicted molar refractivity (Wildman–Crippen MR) is 61.6 cm³/mol. The molecule has 1 amide bonds. The maximum Gasteiger partial charge on any atom is 0.463 e. The van der Waals surface area contributed by atoms with Gasteiger partial charge in [0.1, 0.15) is 6.04 Å². The van der Waals surface area contributed by atoms with Gasteiger partial charge in [0, 0.05) is 6.54 Å². The lowest BCUT2D eigenvalue weighted by Crippen LogP contribution is -2.55. The molecule has 0 saturated carbocycles. The molecule has 21 heavy (non-hydrogen) atoms. The molecule has 9 heteroatoms. The number of amides is 1. The SMILES string of the molecule is CCCCOC(=O)C1CCCN1C(=O)C(F)(F)C(F)(F)F. The minimum atomic E-state index is -5.98. The van der Waals surface area contributed by atoms with Crippen molar-refractivity contribution in [3.05, 3.63) is 0 Å². The zero-order valence-corrected chi connectivity index (χ0v) is 11.4. The van der Waals surface area contributed by atoms with E-state index in [1.54, 1.807) is 0 Å². The first-order valence-corrected chi connectivity index (χ1v) is 6.55. The molecule has 0 bridgehead atoms. The first-order valence-electron chi connectivity index (χ1n) is 6.55. The number of carbonyl (C=O) groups excluding carboxylic acids is 2. The van der Waals surface area contributed by atoms with Gasteiger partial charge in [-0.3, -0.25) is 4.79 Å². The summed E-state index contributed by atoms with van der Waals surface area (Å²) in [6, 6.07) is -1.37. The largest absolute Gasteiger partial charge is 0.464 e. The zero-order chi connectivity index (χ0) is 16.3. The van der Waals surface area contributed by atoms with Crippen molar-refractivity contribution in [3.8, 4) is 0 Å². The monoisotopic (exact) mass is 317 g/mol. The van der Waals surface area contributed by atoms with Crippen molar-refractivity contribution in [3.63, 3.8) is 0 Å². The molecule has 0 N–H and O–H groups in total. The highest BCUT2D eigenvalue weighted by Crippen LogP contribution is 2.38. The Labute approximate surface area is 118 Å². The number of rotatable bonds is 5. The van der Waals surface area contributed by atoms with Crippen molar-refractivity contribution < 1.29 is 36.3 Å². The molecule has 1 atom stereocenters. The fourth-order valence-electron chi connectivity index (χ4n) is 1.97. The molecule has 1 aliphatic rings. The molecule has 1 aliphatic heterocycles. The Balaban J connectivity index is 2.77. The number of esters is 1. The van der Waals surface area contributed by atoms with E-state index in [-0.39, 0.29) is 30.9 Å². The Morgan fingerprint density at radius 2 is 1.86 bits per heavy atom. The summed E-state index contributed by atoms with van der Waals surface area (Å²) in [4.78, 5) is 23.3. The molecule has 0 aromatic heterocycles. The highest BCUT2D eigenvalue weighted by Gasteiger charge is 2.65. The number of unbranched alkanes of at least 4 members (excludes halogenated alkanes) is 1. The van der Waals surface area contributed by atoms with Crippen molar-refractivity contribution in [2.24, 2.45) is 0 Å². The second kappa shape index (κ2) is 6.57. The summed E-state index contributed by atoms with van der Waals surface area (Å²) in [6.45, 7) is 1.56. The lowest BCUT2D eigenvalue weighted by molar-refractivity contribution is -0.274. The number of carbonyl (C=O) groups is 2. The molecule has 4 nitrogen and oxygen atoms in total. The average Bonchev–Trinajstić information content (AvgIpc) is 2.85. The summed E-state index contributed by atoms with van der Waals surface area (Å²) in [7, 11) is 0. The highest BCUT2D eigenvalue weighted by atomic mass is 19.4. The van der Waals surface area contributed by atoms with Gasteiger partial charge in [-0.2, -0.15) is 22.0 Å². The molecule has 0 aromatic carbocycles. The van der Waals surface area contributed by atoms with Gasteiger partial charge in [-0.1, -0.05) is 13.3 Å². The van der Waals surface area contributed by atoms with Crippen LogP contribution in [0, 0.1) is 0 Å². The van der Waals surface area contributed by atoms with E-state index in [1.165, 1.54) is 0 Å². The normalized spacial score (nSPS) is 19.7. The third kappa shape index (κ3) is 3.82. The van der Waals surface area contributed by atoms with Gasteiger partial charge < -0.3 is 9.64 Å². The van der Waals surface area contributed by atoms with E-state index >= 15 is 0 Å². The first kappa shape index (κ1) is 17.6. The van der Waals surface area contributed by atoms with Gasteiger partial charge in [0.15, 0.2) is 0 Å². The quantitative estimate of drug-likeness (QED) is 0.445. The Bertz CT molecular complexity index is 397. The fourth-order valence-corrected chi connectivity index (χ4v) is 1.97. The van der Waals surface area contributed by atoms with Gasteiger partial charge in [0.05, 0.1) is 6.61 Å². The third-order valence-electron chi connectivity index (χ3n) is 3.15. The van der Waals surface area contributed by atoms with Gasteiger partial charge in [-0.05, 0) is 19.3 Å². The fraction of sp³-hybridized carbons (Fsp3) is 0.833. The van der Waals surface area contributed by atoms with E-state index < -0.39 is 30.0 Å². The predicted octanol–water partition coefficient (Wildman–Crippen LogP) is 2.52. The van der Waals surface area contributed by atoms with E-state index in [4.69, 9.17) is 4.74 Å². The molecule has 1 rings (SSSR count). The summed E-state index contributed by atoms with van der Waals surface area (Å²) in [5.74, 6) is -8.84. The highest BCUT2D eigenvalue weighted by molar-refractivity contribution is 5.89. The van der Waals surface area contributed by atoms with Crippen molar-refractivity contribution in [2.75, 3.05) is 13.2 Å². The maximum atomic E-state index is 13.1. The first-order chi connectivity index (χ1) is 9.63. The van der Waals surface area contributed by atoms with Crippen molar-refractivity contribution >= 4 is 11.9 Å². The van der Waals surface area contributed by atoms with Crippen molar-refractivity contribution in [1.29, 1.82) is 0 Å². The van der Waals surface area contributed by atoms with Crippen LogP contribution in [0.3, 0.4) is 0 Å². The number of hydrogen-bond donors (Lipinski definition) is 0. The molecule has 122 valence electrons. The van der Waals surface area contributed by atoms with Crippen molar-refractivity contribution in [1.82, 2.24) is 4.90 Å². The van der Waals surface area contributed by atoms with Crippen LogP contribution in [-0.4, -0.2) is 48.1 Å². The van der Waals surface area contributed by atoms with E-state index in [2.05, 4.69) is 0 Å². The maximum absolute atomic E-state index is 13.1. The number of nitrogens with zero attached hydrogens (tertiary/aromatic N) is 1. The molecule has 1 unspecified atom stereocenters. The minimum absolute atomic E-state index is 0.0185. The van der Waals surface area contributed by atoms with Crippen LogP contribution in [-0.2, 0) is 14.3 Å². The van der Waals surface area contributed by atoms with E-state index in [0.717, 1.165) is 6.42 Å². The molecule has 0 spiro atoms. The van der Waals surface area contributed by atoms with Crippen LogP contribution >= 0.6 is 0 Å².